The van der Waals surface area contributed by atoms with Crippen molar-refractivity contribution in [3.63, 3.8) is 0 Å². The average Bonchev–Trinajstić information content (AvgIpc) is 2.84. The maximum absolute atomic E-state index is 12.4. The van der Waals surface area contributed by atoms with Crippen LogP contribution in [-0.4, -0.2) is 38.5 Å². The number of thiophene rings is 1. The van der Waals surface area contributed by atoms with Gasteiger partial charge in [-0.2, -0.15) is 4.31 Å². The Bertz CT molecular complexity index is 513. The van der Waals surface area contributed by atoms with Gasteiger partial charge < -0.3 is 10.5 Å². The Labute approximate surface area is 118 Å². The van der Waals surface area contributed by atoms with Crippen molar-refractivity contribution in [2.45, 2.75) is 36.5 Å². The van der Waals surface area contributed by atoms with Gasteiger partial charge in [-0.05, 0) is 25.3 Å². The number of hydrogen-bond donors (Lipinski definition) is 1. The van der Waals surface area contributed by atoms with Gasteiger partial charge in [0.2, 0.25) is 0 Å². The lowest BCUT2D eigenvalue weighted by atomic mass is 10.1. The van der Waals surface area contributed by atoms with Crippen molar-refractivity contribution in [1.29, 1.82) is 0 Å². The zero-order valence-electron chi connectivity index (χ0n) is 11.0. The van der Waals surface area contributed by atoms with Crippen LogP contribution in [0.25, 0.3) is 0 Å². The Morgan fingerprint density at radius 1 is 1.58 bits per heavy atom. The van der Waals surface area contributed by atoms with E-state index in [0.717, 1.165) is 19.3 Å². The van der Waals surface area contributed by atoms with Crippen molar-refractivity contribution in [1.82, 2.24) is 4.31 Å². The quantitative estimate of drug-likeness (QED) is 0.902. The van der Waals surface area contributed by atoms with Gasteiger partial charge in [0, 0.05) is 30.8 Å². The first-order valence-corrected chi connectivity index (χ1v) is 8.81. The normalized spacial score (nSPS) is 21.6. The van der Waals surface area contributed by atoms with Gasteiger partial charge in [0.25, 0.3) is 10.0 Å². The fourth-order valence-corrected chi connectivity index (χ4v) is 4.88. The van der Waals surface area contributed by atoms with Crippen LogP contribution in [0.3, 0.4) is 0 Å². The maximum Gasteiger partial charge on any atom is 0.252 e. The summed E-state index contributed by atoms with van der Waals surface area (Å²) in [6.07, 6.45) is 2.73. The van der Waals surface area contributed by atoms with Crippen molar-refractivity contribution in [3.05, 3.63) is 11.4 Å². The van der Waals surface area contributed by atoms with E-state index in [4.69, 9.17) is 10.5 Å². The van der Waals surface area contributed by atoms with Crippen LogP contribution in [0.5, 0.6) is 0 Å². The monoisotopic (exact) mass is 304 g/mol. The minimum atomic E-state index is -3.41. The maximum atomic E-state index is 12.4. The lowest BCUT2D eigenvalue weighted by Gasteiger charge is -2.31. The molecule has 1 saturated heterocycles. The minimum absolute atomic E-state index is 0.0146. The molecular formula is C12H20N2O3S2. The summed E-state index contributed by atoms with van der Waals surface area (Å²) >= 11 is 1.17. The molecule has 1 aromatic heterocycles. The number of piperidine rings is 1. The summed E-state index contributed by atoms with van der Waals surface area (Å²) in [5.74, 6) is 0. The molecule has 0 bridgehead atoms. The van der Waals surface area contributed by atoms with Crippen LogP contribution in [0.15, 0.2) is 15.7 Å². The second-order valence-electron chi connectivity index (χ2n) is 4.70. The number of hydrogen-bond acceptors (Lipinski definition) is 5. The van der Waals surface area contributed by atoms with E-state index in [-0.39, 0.29) is 6.10 Å². The SMILES string of the molecule is CCCOC1CCCN(S(=O)(=O)c2cc(N)cs2)C1. The molecule has 1 aliphatic rings. The minimum Gasteiger partial charge on any atom is -0.398 e. The van der Waals surface area contributed by atoms with Gasteiger partial charge in [0.15, 0.2) is 0 Å². The number of sulfonamides is 1. The summed E-state index contributed by atoms with van der Waals surface area (Å²) in [5.41, 5.74) is 6.10. The standard InChI is InChI=1S/C12H20N2O3S2/c1-2-6-17-11-4-3-5-14(8-11)19(15,16)12-7-10(13)9-18-12/h7,9,11H,2-6,8,13H2,1H3. The Morgan fingerprint density at radius 2 is 2.37 bits per heavy atom. The number of ether oxygens (including phenoxy) is 1. The molecule has 0 radical (unpaired) electrons. The van der Waals surface area contributed by atoms with Crippen molar-refractivity contribution in [3.8, 4) is 0 Å². The summed E-state index contributed by atoms with van der Waals surface area (Å²) in [6.45, 7) is 3.74. The number of rotatable bonds is 5. The highest BCUT2D eigenvalue weighted by Crippen LogP contribution is 2.27. The van der Waals surface area contributed by atoms with Gasteiger partial charge >= 0.3 is 0 Å². The van der Waals surface area contributed by atoms with E-state index in [1.807, 2.05) is 6.92 Å². The lowest BCUT2D eigenvalue weighted by Crippen LogP contribution is -2.43. The molecule has 2 N–H and O–H groups in total. The van der Waals surface area contributed by atoms with E-state index in [1.54, 1.807) is 5.38 Å². The van der Waals surface area contributed by atoms with Crippen LogP contribution in [0.2, 0.25) is 0 Å². The van der Waals surface area contributed by atoms with E-state index < -0.39 is 10.0 Å². The zero-order chi connectivity index (χ0) is 13.9. The summed E-state index contributed by atoms with van der Waals surface area (Å²) in [5, 5.41) is 1.65. The van der Waals surface area contributed by atoms with E-state index in [1.165, 1.54) is 21.7 Å². The highest BCUT2D eigenvalue weighted by molar-refractivity contribution is 7.91. The van der Waals surface area contributed by atoms with Gasteiger partial charge in [0.05, 0.1) is 6.10 Å². The summed E-state index contributed by atoms with van der Waals surface area (Å²) in [4.78, 5) is 0. The molecule has 0 amide bonds. The Morgan fingerprint density at radius 3 is 3.00 bits per heavy atom. The molecule has 1 unspecified atom stereocenters. The van der Waals surface area contributed by atoms with Crippen molar-refractivity contribution in [2.75, 3.05) is 25.4 Å². The predicted molar refractivity (Wildman–Crippen MR) is 76.8 cm³/mol. The van der Waals surface area contributed by atoms with Crippen LogP contribution in [-0.2, 0) is 14.8 Å². The lowest BCUT2D eigenvalue weighted by molar-refractivity contribution is 0.0194. The van der Waals surface area contributed by atoms with Crippen molar-refractivity contribution in [2.24, 2.45) is 0 Å². The molecule has 0 aliphatic carbocycles. The predicted octanol–water partition coefficient (Wildman–Crippen LogP) is 1.91. The third kappa shape index (κ3) is 3.47. The van der Waals surface area contributed by atoms with Crippen LogP contribution < -0.4 is 5.73 Å². The molecular weight excluding hydrogens is 284 g/mol. The second-order valence-corrected chi connectivity index (χ2v) is 7.77. The van der Waals surface area contributed by atoms with E-state index in [9.17, 15) is 8.42 Å². The first-order valence-electron chi connectivity index (χ1n) is 6.49. The van der Waals surface area contributed by atoms with Crippen LogP contribution in [0, 0.1) is 0 Å². The highest BCUT2D eigenvalue weighted by atomic mass is 32.2. The van der Waals surface area contributed by atoms with E-state index in [2.05, 4.69) is 0 Å². The summed E-state index contributed by atoms with van der Waals surface area (Å²) < 4.78 is 32.4. The molecule has 1 aliphatic heterocycles. The smallest absolute Gasteiger partial charge is 0.252 e. The molecule has 0 aromatic carbocycles. The van der Waals surface area contributed by atoms with Crippen molar-refractivity contribution < 1.29 is 13.2 Å². The largest absolute Gasteiger partial charge is 0.398 e. The number of nitrogens with two attached hydrogens (primary N) is 1. The fraction of sp³-hybridized carbons (Fsp3) is 0.667. The molecule has 2 heterocycles. The van der Waals surface area contributed by atoms with E-state index in [0.29, 0.717) is 29.6 Å². The average molecular weight is 304 g/mol. The Balaban J connectivity index is 2.08. The van der Waals surface area contributed by atoms with Gasteiger partial charge in [-0.3, -0.25) is 0 Å². The molecule has 1 aromatic rings. The molecule has 2 rings (SSSR count). The highest BCUT2D eigenvalue weighted by Gasteiger charge is 2.31. The number of nitrogen functional groups attached to an aromatic ring is 1. The van der Waals surface area contributed by atoms with E-state index >= 15 is 0 Å². The number of anilines is 1. The third-order valence-corrected chi connectivity index (χ3v) is 6.39. The topological polar surface area (TPSA) is 72.6 Å². The van der Waals surface area contributed by atoms with Gasteiger partial charge in [-0.25, -0.2) is 8.42 Å². The van der Waals surface area contributed by atoms with Gasteiger partial charge in [0.1, 0.15) is 4.21 Å². The van der Waals surface area contributed by atoms with Gasteiger partial charge in [-0.1, -0.05) is 6.92 Å². The molecule has 0 spiro atoms. The van der Waals surface area contributed by atoms with Crippen LogP contribution in [0.4, 0.5) is 5.69 Å². The van der Waals surface area contributed by atoms with Crippen molar-refractivity contribution >= 4 is 27.0 Å². The van der Waals surface area contributed by atoms with Crippen LogP contribution in [0.1, 0.15) is 26.2 Å². The molecule has 19 heavy (non-hydrogen) atoms. The Hall–Kier alpha value is -0.630. The first-order chi connectivity index (χ1) is 9.04. The second kappa shape index (κ2) is 6.21. The Kier molecular flexibility index (Phi) is 4.83. The zero-order valence-corrected chi connectivity index (χ0v) is 12.7. The molecule has 0 saturated carbocycles. The van der Waals surface area contributed by atoms with Gasteiger partial charge in [-0.15, -0.1) is 11.3 Å². The molecule has 7 heteroatoms. The molecule has 1 fully saturated rings. The fourth-order valence-electron chi connectivity index (χ4n) is 2.14. The first kappa shape index (κ1) is 14.8. The third-order valence-electron chi connectivity index (χ3n) is 3.09. The molecule has 5 nitrogen and oxygen atoms in total. The summed E-state index contributed by atoms with van der Waals surface area (Å²) in [6, 6.07) is 1.52. The molecule has 1 atom stereocenters. The van der Waals surface area contributed by atoms with Crippen LogP contribution >= 0.6 is 11.3 Å². The molecule has 108 valence electrons. The number of nitrogens with zero attached hydrogens (tertiary/aromatic N) is 1. The summed E-state index contributed by atoms with van der Waals surface area (Å²) in [7, 11) is -3.41.